The van der Waals surface area contributed by atoms with Crippen LogP contribution in [-0.2, 0) is 4.74 Å². The lowest BCUT2D eigenvalue weighted by atomic mass is 10.0. The van der Waals surface area contributed by atoms with Gasteiger partial charge in [-0.2, -0.15) is 0 Å². The predicted molar refractivity (Wildman–Crippen MR) is 110 cm³/mol. The van der Waals surface area contributed by atoms with Crippen LogP contribution >= 0.6 is 0 Å². The fourth-order valence-electron chi connectivity index (χ4n) is 3.78. The molecular weight excluding hydrogens is 402 g/mol. The largest absolute Gasteiger partial charge is 0.370 e. The van der Waals surface area contributed by atoms with E-state index in [1.165, 1.54) is 24.3 Å². The third-order valence-electron chi connectivity index (χ3n) is 5.43. The van der Waals surface area contributed by atoms with Gasteiger partial charge >= 0.3 is 0 Å². The molecule has 5 rings (SSSR count). The number of aromatic nitrogens is 1. The Morgan fingerprint density at radius 3 is 2.42 bits per heavy atom. The van der Waals surface area contributed by atoms with Crippen LogP contribution in [0.15, 0.2) is 71.3 Å². The van der Waals surface area contributed by atoms with Crippen molar-refractivity contribution in [1.82, 2.24) is 10.1 Å². The number of hydrogen-bond donors (Lipinski definition) is 0. The summed E-state index contributed by atoms with van der Waals surface area (Å²) in [6, 6.07) is 17.2. The van der Waals surface area contributed by atoms with E-state index >= 15 is 0 Å². The lowest BCUT2D eigenvalue weighted by Crippen LogP contribution is -2.42. The Balaban J connectivity index is 1.42. The second-order valence-corrected chi connectivity index (χ2v) is 7.41. The number of carbonyl (C=O) groups excluding carboxylic acids is 1. The summed E-state index contributed by atoms with van der Waals surface area (Å²) in [7, 11) is 0. The Hall–Kier alpha value is -3.58. The maximum Gasteiger partial charge on any atom is 0.254 e. The second kappa shape index (κ2) is 7.92. The van der Waals surface area contributed by atoms with E-state index < -0.39 is 0 Å². The fraction of sp³-hybridized carbons (Fsp3) is 0.167. The van der Waals surface area contributed by atoms with Crippen molar-refractivity contribution in [3.05, 3.63) is 89.5 Å². The first-order chi connectivity index (χ1) is 15.1. The van der Waals surface area contributed by atoms with Crippen LogP contribution in [0.25, 0.3) is 22.2 Å². The zero-order chi connectivity index (χ0) is 21.4. The number of morpholine rings is 1. The molecule has 156 valence electrons. The summed E-state index contributed by atoms with van der Waals surface area (Å²) in [5.41, 5.74) is 2.61. The molecule has 1 fully saturated rings. The average Bonchev–Trinajstić information content (AvgIpc) is 3.23. The minimum Gasteiger partial charge on any atom is -0.370 e. The molecule has 1 atom stereocenters. The molecule has 0 bridgehead atoms. The molecule has 1 aliphatic heterocycles. The van der Waals surface area contributed by atoms with Gasteiger partial charge in [0.25, 0.3) is 5.91 Å². The van der Waals surface area contributed by atoms with E-state index in [1.54, 1.807) is 47.4 Å². The molecule has 0 N–H and O–H groups in total. The van der Waals surface area contributed by atoms with Crippen molar-refractivity contribution in [1.29, 1.82) is 0 Å². The third kappa shape index (κ3) is 3.80. The summed E-state index contributed by atoms with van der Waals surface area (Å²) in [5.74, 6) is -0.308. The lowest BCUT2D eigenvalue weighted by Gasteiger charge is -2.33. The Kier molecular flexibility index (Phi) is 4.95. The van der Waals surface area contributed by atoms with Crippen molar-refractivity contribution in [2.24, 2.45) is 0 Å². The van der Waals surface area contributed by atoms with Crippen LogP contribution < -0.4 is 0 Å². The van der Waals surface area contributed by atoms with Crippen LogP contribution in [0, 0.1) is 11.6 Å². The maximum absolute atomic E-state index is 13.3. The Labute approximate surface area is 176 Å². The van der Waals surface area contributed by atoms with E-state index in [4.69, 9.17) is 9.26 Å². The van der Waals surface area contributed by atoms with Crippen molar-refractivity contribution < 1.29 is 22.8 Å². The summed E-state index contributed by atoms with van der Waals surface area (Å²) >= 11 is 0. The van der Waals surface area contributed by atoms with Crippen molar-refractivity contribution in [3.63, 3.8) is 0 Å². The van der Waals surface area contributed by atoms with Crippen LogP contribution in [0.1, 0.15) is 22.0 Å². The second-order valence-electron chi connectivity index (χ2n) is 7.41. The summed E-state index contributed by atoms with van der Waals surface area (Å²) in [6.07, 6.45) is -0.313. The van der Waals surface area contributed by atoms with E-state index in [0.29, 0.717) is 47.5 Å². The van der Waals surface area contributed by atoms with Gasteiger partial charge in [-0.15, -0.1) is 0 Å². The van der Waals surface area contributed by atoms with E-state index in [2.05, 4.69) is 5.16 Å². The molecule has 0 aliphatic carbocycles. The molecule has 2 heterocycles. The van der Waals surface area contributed by atoms with Gasteiger partial charge in [0.2, 0.25) is 0 Å². The number of fused-ring (bicyclic) bond motifs is 1. The third-order valence-corrected chi connectivity index (χ3v) is 5.43. The molecule has 1 saturated heterocycles. The smallest absolute Gasteiger partial charge is 0.254 e. The van der Waals surface area contributed by atoms with Gasteiger partial charge in [0.15, 0.2) is 5.76 Å². The standard InChI is InChI=1S/C24H18F2N2O3/c25-18-6-1-15(2-7-18)22-14-28(11-12-30-22)24(29)17-5-10-21-20(13-17)23(31-27-21)16-3-8-19(26)9-4-16/h1-10,13,22H,11-12,14H2. The predicted octanol–water partition coefficient (Wildman–Crippen LogP) is 4.99. The van der Waals surface area contributed by atoms with Gasteiger partial charge in [0, 0.05) is 17.7 Å². The normalized spacial score (nSPS) is 16.6. The molecule has 31 heavy (non-hydrogen) atoms. The number of hydrogen-bond acceptors (Lipinski definition) is 4. The highest BCUT2D eigenvalue weighted by atomic mass is 19.1. The monoisotopic (exact) mass is 420 g/mol. The van der Waals surface area contributed by atoms with Crippen molar-refractivity contribution in [2.75, 3.05) is 19.7 Å². The van der Waals surface area contributed by atoms with Crippen molar-refractivity contribution >= 4 is 16.8 Å². The highest BCUT2D eigenvalue weighted by Crippen LogP contribution is 2.30. The van der Waals surface area contributed by atoms with E-state index in [-0.39, 0.29) is 23.6 Å². The lowest BCUT2D eigenvalue weighted by molar-refractivity contribution is -0.0228. The van der Waals surface area contributed by atoms with E-state index in [1.807, 2.05) is 0 Å². The maximum atomic E-state index is 13.3. The highest BCUT2D eigenvalue weighted by molar-refractivity contribution is 6.01. The number of carbonyl (C=O) groups is 1. The van der Waals surface area contributed by atoms with Crippen LogP contribution in [-0.4, -0.2) is 35.7 Å². The Morgan fingerprint density at radius 1 is 0.968 bits per heavy atom. The Morgan fingerprint density at radius 2 is 1.68 bits per heavy atom. The topological polar surface area (TPSA) is 55.6 Å². The number of benzene rings is 3. The molecule has 0 spiro atoms. The molecule has 0 radical (unpaired) electrons. The number of nitrogens with zero attached hydrogens (tertiary/aromatic N) is 2. The van der Waals surface area contributed by atoms with Gasteiger partial charge in [-0.25, -0.2) is 8.78 Å². The fourth-order valence-corrected chi connectivity index (χ4v) is 3.78. The summed E-state index contributed by atoms with van der Waals surface area (Å²) in [4.78, 5) is 14.9. The Bertz CT molecular complexity index is 1240. The highest BCUT2D eigenvalue weighted by Gasteiger charge is 2.27. The number of halogens is 2. The molecule has 1 unspecified atom stereocenters. The SMILES string of the molecule is O=C(c1ccc2noc(-c3ccc(F)cc3)c2c1)N1CCOC(c2ccc(F)cc2)C1. The number of rotatable bonds is 3. The summed E-state index contributed by atoms with van der Waals surface area (Å²) in [5, 5.41) is 4.73. The molecule has 3 aromatic carbocycles. The first-order valence-electron chi connectivity index (χ1n) is 9.90. The first kappa shape index (κ1) is 19.4. The van der Waals surface area contributed by atoms with Gasteiger partial charge in [0.1, 0.15) is 23.3 Å². The molecule has 1 amide bonds. The van der Waals surface area contributed by atoms with Crippen molar-refractivity contribution in [2.45, 2.75) is 6.10 Å². The molecule has 5 nitrogen and oxygen atoms in total. The summed E-state index contributed by atoms with van der Waals surface area (Å²) in [6.45, 7) is 1.23. The van der Waals surface area contributed by atoms with E-state index in [9.17, 15) is 13.6 Å². The minimum atomic E-state index is -0.341. The van der Waals surface area contributed by atoms with Crippen molar-refractivity contribution in [3.8, 4) is 11.3 Å². The van der Waals surface area contributed by atoms with Gasteiger partial charge in [-0.1, -0.05) is 17.3 Å². The van der Waals surface area contributed by atoms with Gasteiger partial charge in [-0.05, 0) is 60.2 Å². The zero-order valence-electron chi connectivity index (χ0n) is 16.4. The summed E-state index contributed by atoms with van der Waals surface area (Å²) < 4.78 is 37.7. The molecule has 4 aromatic rings. The van der Waals surface area contributed by atoms with Gasteiger partial charge < -0.3 is 14.2 Å². The van der Waals surface area contributed by atoms with Crippen LogP contribution in [0.3, 0.4) is 0 Å². The zero-order valence-corrected chi connectivity index (χ0v) is 16.4. The molecular formula is C24H18F2N2O3. The number of amides is 1. The molecule has 0 saturated carbocycles. The van der Waals surface area contributed by atoms with Gasteiger partial charge in [-0.3, -0.25) is 4.79 Å². The number of ether oxygens (including phenoxy) is 1. The quantitative estimate of drug-likeness (QED) is 0.469. The first-order valence-corrected chi connectivity index (χ1v) is 9.90. The molecule has 1 aliphatic rings. The van der Waals surface area contributed by atoms with Crippen LogP contribution in [0.2, 0.25) is 0 Å². The minimum absolute atomic E-state index is 0.136. The van der Waals surface area contributed by atoms with E-state index in [0.717, 1.165) is 5.56 Å². The molecule has 7 heteroatoms. The van der Waals surface area contributed by atoms with Crippen LogP contribution in [0.4, 0.5) is 8.78 Å². The van der Waals surface area contributed by atoms with Crippen LogP contribution in [0.5, 0.6) is 0 Å². The van der Waals surface area contributed by atoms with Gasteiger partial charge in [0.05, 0.1) is 18.5 Å². The average molecular weight is 420 g/mol. The molecule has 1 aromatic heterocycles.